The zero-order valence-electron chi connectivity index (χ0n) is 12.5. The number of hydrogen-bond acceptors (Lipinski definition) is 3. The average Bonchev–Trinajstić information content (AvgIpc) is 2.75. The number of hydrogen-bond donors (Lipinski definition) is 1. The third kappa shape index (κ3) is 4.09. The van der Waals surface area contributed by atoms with E-state index in [1.807, 2.05) is 25.1 Å². The fraction of sp³-hybridized carbons (Fsp3) is 0.438. The molecule has 0 saturated carbocycles. The Morgan fingerprint density at radius 2 is 2.05 bits per heavy atom. The first-order chi connectivity index (χ1) is 9.35. The number of aromatic nitrogens is 1. The van der Waals surface area contributed by atoms with Crippen LogP contribution >= 0.6 is 11.6 Å². The minimum absolute atomic E-state index is 0.107. The molecule has 3 nitrogen and oxygen atoms in total. The molecule has 1 aromatic carbocycles. The second-order valence-electron chi connectivity index (χ2n) is 6.03. The van der Waals surface area contributed by atoms with Gasteiger partial charge in [0.05, 0.1) is 11.2 Å². The second kappa shape index (κ2) is 5.98. The lowest BCUT2D eigenvalue weighted by molar-refractivity contribution is 0.412. The van der Waals surface area contributed by atoms with E-state index in [1.54, 1.807) is 6.20 Å². The maximum absolute atomic E-state index is 6.24. The number of rotatable bonds is 4. The van der Waals surface area contributed by atoms with Crippen molar-refractivity contribution in [2.75, 3.05) is 6.54 Å². The first-order valence-electron chi connectivity index (χ1n) is 6.81. The summed E-state index contributed by atoms with van der Waals surface area (Å²) in [5.74, 6) is 1.45. The van der Waals surface area contributed by atoms with Crippen molar-refractivity contribution in [3.05, 3.63) is 40.9 Å². The van der Waals surface area contributed by atoms with Crippen LogP contribution in [0.1, 0.15) is 32.2 Å². The summed E-state index contributed by atoms with van der Waals surface area (Å²) < 4.78 is 5.77. The Morgan fingerprint density at radius 1 is 1.30 bits per heavy atom. The Balaban J connectivity index is 2.05. The van der Waals surface area contributed by atoms with E-state index in [4.69, 9.17) is 16.0 Å². The van der Waals surface area contributed by atoms with Crippen LogP contribution in [0.4, 0.5) is 0 Å². The summed E-state index contributed by atoms with van der Waals surface area (Å²) in [5.41, 5.74) is 2.13. The van der Waals surface area contributed by atoms with Gasteiger partial charge in [0, 0.05) is 24.1 Å². The molecule has 2 aromatic rings. The van der Waals surface area contributed by atoms with Crippen molar-refractivity contribution >= 4 is 11.6 Å². The van der Waals surface area contributed by atoms with Crippen LogP contribution in [-0.4, -0.2) is 17.1 Å². The van der Waals surface area contributed by atoms with Crippen LogP contribution in [0.15, 0.2) is 28.8 Å². The van der Waals surface area contributed by atoms with Gasteiger partial charge < -0.3 is 9.73 Å². The molecule has 0 aliphatic carbocycles. The van der Waals surface area contributed by atoms with Gasteiger partial charge in [-0.1, -0.05) is 17.7 Å². The van der Waals surface area contributed by atoms with Gasteiger partial charge in [-0.05, 0) is 45.4 Å². The van der Waals surface area contributed by atoms with Gasteiger partial charge in [-0.25, -0.2) is 4.98 Å². The molecule has 0 aliphatic heterocycles. The highest BCUT2D eigenvalue weighted by atomic mass is 35.5. The van der Waals surface area contributed by atoms with Crippen LogP contribution in [0.25, 0.3) is 11.3 Å². The maximum atomic E-state index is 6.24. The average molecular weight is 293 g/mol. The number of benzene rings is 1. The van der Waals surface area contributed by atoms with Crippen LogP contribution in [0.5, 0.6) is 0 Å². The molecule has 1 heterocycles. The number of oxazole rings is 1. The zero-order valence-corrected chi connectivity index (χ0v) is 13.2. The van der Waals surface area contributed by atoms with Crippen molar-refractivity contribution in [3.8, 4) is 11.3 Å². The minimum atomic E-state index is 0.107. The number of nitrogens with zero attached hydrogens (tertiary/aromatic N) is 1. The van der Waals surface area contributed by atoms with Crippen molar-refractivity contribution < 1.29 is 4.42 Å². The molecule has 108 valence electrons. The molecule has 0 amide bonds. The lowest BCUT2D eigenvalue weighted by Gasteiger charge is -2.19. The van der Waals surface area contributed by atoms with Crippen LogP contribution in [0.2, 0.25) is 5.02 Å². The van der Waals surface area contributed by atoms with Crippen molar-refractivity contribution in [2.45, 2.75) is 39.7 Å². The molecular formula is C16H21ClN2O. The molecule has 0 unspecified atom stereocenters. The first kappa shape index (κ1) is 15.1. The predicted molar refractivity (Wildman–Crippen MR) is 83.1 cm³/mol. The smallest absolute Gasteiger partial charge is 0.196 e. The molecule has 0 atom stereocenters. The fourth-order valence-electron chi connectivity index (χ4n) is 1.91. The van der Waals surface area contributed by atoms with E-state index in [1.165, 1.54) is 0 Å². The third-order valence-corrected chi connectivity index (χ3v) is 3.25. The summed E-state index contributed by atoms with van der Waals surface area (Å²) in [4.78, 5) is 4.31. The van der Waals surface area contributed by atoms with E-state index in [9.17, 15) is 0 Å². The quantitative estimate of drug-likeness (QED) is 0.916. The third-order valence-electron chi connectivity index (χ3n) is 2.94. The molecule has 0 aliphatic rings. The van der Waals surface area contributed by atoms with Crippen LogP contribution in [0, 0.1) is 6.92 Å². The molecule has 2 rings (SSSR count). The number of halogens is 1. The summed E-state index contributed by atoms with van der Waals surface area (Å²) in [6.45, 7) is 9.27. The molecular weight excluding hydrogens is 272 g/mol. The Hall–Kier alpha value is -1.32. The lowest BCUT2D eigenvalue weighted by atomic mass is 10.1. The summed E-state index contributed by atoms with van der Waals surface area (Å²) >= 11 is 6.24. The van der Waals surface area contributed by atoms with Gasteiger partial charge in [-0.2, -0.15) is 0 Å². The van der Waals surface area contributed by atoms with Crippen molar-refractivity contribution in [1.82, 2.24) is 10.3 Å². The van der Waals surface area contributed by atoms with Gasteiger partial charge in [0.15, 0.2) is 11.7 Å². The highest BCUT2D eigenvalue weighted by Crippen LogP contribution is 2.29. The van der Waals surface area contributed by atoms with E-state index >= 15 is 0 Å². The Bertz CT molecular complexity index is 584. The van der Waals surface area contributed by atoms with Crippen LogP contribution in [-0.2, 0) is 6.42 Å². The Kier molecular flexibility index (Phi) is 4.51. The van der Waals surface area contributed by atoms with Crippen molar-refractivity contribution in [1.29, 1.82) is 0 Å². The Morgan fingerprint density at radius 3 is 2.70 bits per heavy atom. The number of nitrogens with one attached hydrogen (secondary N) is 1. The van der Waals surface area contributed by atoms with Gasteiger partial charge >= 0.3 is 0 Å². The first-order valence-corrected chi connectivity index (χ1v) is 7.19. The van der Waals surface area contributed by atoms with Crippen LogP contribution in [0.3, 0.4) is 0 Å². The van der Waals surface area contributed by atoms with E-state index in [0.717, 1.165) is 35.7 Å². The molecule has 0 radical (unpaired) electrons. The molecule has 1 aromatic heterocycles. The van der Waals surface area contributed by atoms with Gasteiger partial charge in [-0.3, -0.25) is 0 Å². The van der Waals surface area contributed by atoms with Crippen molar-refractivity contribution in [2.24, 2.45) is 0 Å². The monoisotopic (exact) mass is 292 g/mol. The minimum Gasteiger partial charge on any atom is -0.441 e. The summed E-state index contributed by atoms with van der Waals surface area (Å²) in [6.07, 6.45) is 2.50. The summed E-state index contributed by atoms with van der Waals surface area (Å²) in [7, 11) is 0. The molecule has 0 spiro atoms. The predicted octanol–water partition coefficient (Wildman–Crippen LogP) is 4.23. The van der Waals surface area contributed by atoms with E-state index in [-0.39, 0.29) is 5.54 Å². The number of aryl methyl sites for hydroxylation is 1. The highest BCUT2D eigenvalue weighted by molar-refractivity contribution is 6.33. The fourth-order valence-corrected chi connectivity index (χ4v) is 2.24. The SMILES string of the molecule is Cc1ccc(-c2cnc(CCNC(C)(C)C)o2)c(Cl)c1. The summed E-state index contributed by atoms with van der Waals surface area (Å²) in [5, 5.41) is 4.11. The Labute approximate surface area is 125 Å². The standard InChI is InChI=1S/C16H21ClN2O/c1-11-5-6-12(13(17)9-11)14-10-18-15(20-14)7-8-19-16(2,3)4/h5-6,9-10,19H,7-8H2,1-4H3. The molecule has 4 heteroatoms. The van der Waals surface area contributed by atoms with Gasteiger partial charge in [0.2, 0.25) is 0 Å². The summed E-state index contributed by atoms with van der Waals surface area (Å²) in [6, 6.07) is 5.92. The van der Waals surface area contributed by atoms with Gasteiger partial charge in [-0.15, -0.1) is 0 Å². The van der Waals surface area contributed by atoms with Gasteiger partial charge in [0.1, 0.15) is 0 Å². The van der Waals surface area contributed by atoms with Crippen molar-refractivity contribution in [3.63, 3.8) is 0 Å². The second-order valence-corrected chi connectivity index (χ2v) is 6.44. The molecule has 0 fully saturated rings. The van der Waals surface area contributed by atoms with E-state index in [0.29, 0.717) is 5.02 Å². The lowest BCUT2D eigenvalue weighted by Crippen LogP contribution is -2.37. The normalized spacial score (nSPS) is 11.8. The van der Waals surface area contributed by atoms with E-state index < -0.39 is 0 Å². The van der Waals surface area contributed by atoms with Crippen LogP contribution < -0.4 is 5.32 Å². The topological polar surface area (TPSA) is 38.1 Å². The molecule has 20 heavy (non-hydrogen) atoms. The van der Waals surface area contributed by atoms with Gasteiger partial charge in [0.25, 0.3) is 0 Å². The maximum Gasteiger partial charge on any atom is 0.196 e. The molecule has 1 N–H and O–H groups in total. The largest absolute Gasteiger partial charge is 0.441 e. The molecule has 0 bridgehead atoms. The highest BCUT2D eigenvalue weighted by Gasteiger charge is 2.12. The zero-order chi connectivity index (χ0) is 14.8. The molecule has 0 saturated heterocycles. The van der Waals surface area contributed by atoms with E-state index in [2.05, 4.69) is 31.1 Å².